The Morgan fingerprint density at radius 2 is 0.731 bits per heavy atom. The second-order valence-corrected chi connectivity index (χ2v) is 24.0. The molecule has 0 spiro atoms. The van der Waals surface area contributed by atoms with Crippen molar-refractivity contribution < 1.29 is 39.8 Å². The Kier molecular flexibility index (Phi) is 55.9. The van der Waals surface area contributed by atoms with Crippen molar-refractivity contribution in [3.05, 3.63) is 36.5 Å². The van der Waals surface area contributed by atoms with Crippen LogP contribution in [0.15, 0.2) is 36.5 Å². The number of unbranched alkanes of at least 4 members (excludes halogenated alkanes) is 46. The van der Waals surface area contributed by atoms with Crippen LogP contribution in [0, 0.1) is 0 Å². The van der Waals surface area contributed by atoms with Crippen LogP contribution in [0.2, 0.25) is 0 Å². The molecule has 1 amide bonds. The van der Waals surface area contributed by atoms with Crippen LogP contribution in [0.25, 0.3) is 0 Å². The van der Waals surface area contributed by atoms with Crippen LogP contribution in [0.1, 0.15) is 341 Å². The number of hydrogen-bond acceptors (Lipinski definition) is 8. The summed E-state index contributed by atoms with van der Waals surface area (Å²) in [5.41, 5.74) is 0. The molecule has 460 valence electrons. The monoisotopic (exact) mass is 1100 g/mol. The van der Waals surface area contributed by atoms with Crippen LogP contribution in [-0.2, 0) is 14.3 Å². The van der Waals surface area contributed by atoms with Gasteiger partial charge in [0.15, 0.2) is 6.29 Å². The molecule has 0 aromatic heterocycles. The molecule has 1 rings (SSSR count). The fourth-order valence-electron chi connectivity index (χ4n) is 11.1. The second-order valence-electron chi connectivity index (χ2n) is 24.0. The van der Waals surface area contributed by atoms with E-state index in [9.17, 15) is 30.3 Å². The summed E-state index contributed by atoms with van der Waals surface area (Å²) in [6.07, 6.45) is 71.2. The second kappa shape index (κ2) is 58.6. The summed E-state index contributed by atoms with van der Waals surface area (Å²) < 4.78 is 11.3. The molecule has 9 nitrogen and oxygen atoms in total. The van der Waals surface area contributed by atoms with Gasteiger partial charge in [-0.05, 0) is 44.9 Å². The summed E-state index contributed by atoms with van der Waals surface area (Å²) in [5, 5.41) is 54.6. The van der Waals surface area contributed by atoms with Crippen molar-refractivity contribution in [1.29, 1.82) is 0 Å². The van der Waals surface area contributed by atoms with E-state index in [-0.39, 0.29) is 12.5 Å². The number of rotatable bonds is 60. The van der Waals surface area contributed by atoms with Gasteiger partial charge in [0.2, 0.25) is 5.91 Å². The number of aliphatic hydroxyl groups excluding tert-OH is 5. The molecule has 7 unspecified atom stereocenters. The Balaban J connectivity index is 2.10. The highest BCUT2D eigenvalue weighted by molar-refractivity contribution is 5.76. The zero-order valence-corrected chi connectivity index (χ0v) is 51.4. The van der Waals surface area contributed by atoms with E-state index < -0.39 is 49.5 Å². The molecular formula is C69H131NO8. The van der Waals surface area contributed by atoms with Gasteiger partial charge in [0, 0.05) is 6.42 Å². The Labute approximate surface area is 482 Å². The number of hydrogen-bond donors (Lipinski definition) is 6. The maximum Gasteiger partial charge on any atom is 0.220 e. The van der Waals surface area contributed by atoms with Gasteiger partial charge in [0.1, 0.15) is 24.4 Å². The SMILES string of the molecule is CCCCCCCCCCCC/C=C/CC/C=C/CC/C=C/C(O)C(COC1OC(CO)C(O)C(O)C1O)NC(=O)CCCCCCCCCCCCCCCCCCCCCCCCCCCCCCCCCCCCC. The fraction of sp³-hybridized carbons (Fsp3) is 0.899. The minimum atomic E-state index is -1.57. The highest BCUT2D eigenvalue weighted by atomic mass is 16.7. The quantitative estimate of drug-likeness (QED) is 0.0261. The predicted octanol–water partition coefficient (Wildman–Crippen LogP) is 18.3. The molecule has 0 aliphatic carbocycles. The standard InChI is InChI=1S/C69H131NO8/c1-3-5-7-9-11-13-15-17-19-21-23-25-26-27-28-29-30-31-32-33-34-35-36-37-38-39-41-43-45-47-49-51-53-55-57-59-65(73)70-62(61-77-69-68(76)67(75)66(74)64(60-71)78-69)63(72)58-56-54-52-50-48-46-44-42-40-24-22-20-18-16-14-12-10-8-6-4-2/h40,42,48,50,56,58,62-64,66-69,71-72,74-76H,3-39,41,43-47,49,51-55,57,59-61H2,1-2H3,(H,70,73)/b42-40+,50-48+,58-56+. The van der Waals surface area contributed by atoms with E-state index >= 15 is 0 Å². The average molecular weight is 1100 g/mol. The zero-order chi connectivity index (χ0) is 56.5. The molecule has 0 aromatic carbocycles. The molecule has 6 N–H and O–H groups in total. The lowest BCUT2D eigenvalue weighted by Gasteiger charge is -2.40. The number of amides is 1. The third kappa shape index (κ3) is 47.0. The highest BCUT2D eigenvalue weighted by Gasteiger charge is 2.44. The van der Waals surface area contributed by atoms with Crippen molar-refractivity contribution in [3.8, 4) is 0 Å². The van der Waals surface area contributed by atoms with Crippen LogP contribution in [0.5, 0.6) is 0 Å². The van der Waals surface area contributed by atoms with Crippen molar-refractivity contribution in [2.24, 2.45) is 0 Å². The van der Waals surface area contributed by atoms with Crippen LogP contribution in [-0.4, -0.2) is 87.5 Å². The molecule has 1 aliphatic heterocycles. The van der Waals surface area contributed by atoms with Crippen molar-refractivity contribution in [1.82, 2.24) is 5.32 Å². The average Bonchev–Trinajstić information content (AvgIpc) is 3.45. The predicted molar refractivity (Wildman–Crippen MR) is 332 cm³/mol. The Morgan fingerprint density at radius 3 is 1.08 bits per heavy atom. The van der Waals surface area contributed by atoms with E-state index in [0.717, 1.165) is 44.9 Å². The van der Waals surface area contributed by atoms with Crippen molar-refractivity contribution in [2.75, 3.05) is 13.2 Å². The van der Waals surface area contributed by atoms with Gasteiger partial charge < -0.3 is 40.3 Å². The van der Waals surface area contributed by atoms with Crippen molar-refractivity contribution >= 4 is 5.91 Å². The van der Waals surface area contributed by atoms with Crippen LogP contribution in [0.4, 0.5) is 0 Å². The summed E-state index contributed by atoms with van der Waals surface area (Å²) in [7, 11) is 0. The smallest absolute Gasteiger partial charge is 0.220 e. The lowest BCUT2D eigenvalue weighted by atomic mass is 9.99. The van der Waals surface area contributed by atoms with E-state index in [4.69, 9.17) is 9.47 Å². The summed E-state index contributed by atoms with van der Waals surface area (Å²) in [4.78, 5) is 13.1. The normalized spacial score (nSPS) is 18.8. The molecule has 1 aliphatic rings. The number of allylic oxidation sites excluding steroid dienone is 5. The van der Waals surface area contributed by atoms with Crippen molar-refractivity contribution in [3.63, 3.8) is 0 Å². The first-order valence-corrected chi connectivity index (χ1v) is 34.2. The minimum Gasteiger partial charge on any atom is -0.394 e. The van der Waals surface area contributed by atoms with Crippen LogP contribution in [0.3, 0.4) is 0 Å². The molecule has 0 bridgehead atoms. The number of carbonyl (C=O) groups excluding carboxylic acids is 1. The summed E-state index contributed by atoms with van der Waals surface area (Å²) in [6.45, 7) is 3.80. The van der Waals surface area contributed by atoms with Crippen LogP contribution < -0.4 is 5.32 Å². The molecule has 0 radical (unpaired) electrons. The van der Waals surface area contributed by atoms with Gasteiger partial charge >= 0.3 is 0 Å². The first-order valence-electron chi connectivity index (χ1n) is 34.2. The molecule has 0 aromatic rings. The van der Waals surface area contributed by atoms with Crippen molar-refractivity contribution in [2.45, 2.75) is 384 Å². The van der Waals surface area contributed by atoms with E-state index in [1.54, 1.807) is 6.08 Å². The maximum absolute atomic E-state index is 13.1. The van der Waals surface area contributed by atoms with Gasteiger partial charge in [-0.3, -0.25) is 4.79 Å². The first-order chi connectivity index (χ1) is 38.3. The fourth-order valence-corrected chi connectivity index (χ4v) is 11.1. The summed E-state index contributed by atoms with van der Waals surface area (Å²) >= 11 is 0. The van der Waals surface area contributed by atoms with Gasteiger partial charge in [-0.15, -0.1) is 0 Å². The van der Waals surface area contributed by atoms with Gasteiger partial charge in [-0.2, -0.15) is 0 Å². The number of nitrogens with one attached hydrogen (secondary N) is 1. The van der Waals surface area contributed by atoms with Gasteiger partial charge in [0.05, 0.1) is 25.4 Å². The lowest BCUT2D eigenvalue weighted by Crippen LogP contribution is -2.60. The number of carbonyl (C=O) groups is 1. The number of ether oxygens (including phenoxy) is 2. The van der Waals surface area contributed by atoms with E-state index in [1.165, 1.54) is 276 Å². The largest absolute Gasteiger partial charge is 0.394 e. The van der Waals surface area contributed by atoms with Gasteiger partial charge in [-0.25, -0.2) is 0 Å². The Hall–Kier alpha value is -1.59. The molecule has 9 heteroatoms. The molecule has 1 fully saturated rings. The zero-order valence-electron chi connectivity index (χ0n) is 51.4. The molecular weight excluding hydrogens is 971 g/mol. The highest BCUT2D eigenvalue weighted by Crippen LogP contribution is 2.23. The third-order valence-electron chi connectivity index (χ3n) is 16.4. The maximum atomic E-state index is 13.1. The molecule has 1 heterocycles. The summed E-state index contributed by atoms with van der Waals surface area (Å²) in [6, 6.07) is -0.827. The molecule has 0 saturated carbocycles. The van der Waals surface area contributed by atoms with E-state index in [0.29, 0.717) is 6.42 Å². The molecule has 78 heavy (non-hydrogen) atoms. The molecule has 1 saturated heterocycles. The van der Waals surface area contributed by atoms with Gasteiger partial charge in [-0.1, -0.05) is 326 Å². The lowest BCUT2D eigenvalue weighted by molar-refractivity contribution is -0.302. The topological polar surface area (TPSA) is 149 Å². The Morgan fingerprint density at radius 1 is 0.423 bits per heavy atom. The van der Waals surface area contributed by atoms with Gasteiger partial charge in [0.25, 0.3) is 0 Å². The molecule has 7 atom stereocenters. The first kappa shape index (κ1) is 74.4. The number of aliphatic hydroxyl groups is 5. The van der Waals surface area contributed by atoms with E-state index in [1.807, 2.05) is 6.08 Å². The Bertz CT molecular complexity index is 1320. The minimum absolute atomic E-state index is 0.184. The third-order valence-corrected chi connectivity index (χ3v) is 16.4. The van der Waals surface area contributed by atoms with Crippen LogP contribution >= 0.6 is 0 Å². The van der Waals surface area contributed by atoms with E-state index in [2.05, 4.69) is 43.5 Å². The summed E-state index contributed by atoms with van der Waals surface area (Å²) in [5.74, 6) is -0.184.